The summed E-state index contributed by atoms with van der Waals surface area (Å²) in [6.45, 7) is 3.18. The molecule has 14 heteroatoms. The number of imidazole rings is 2. The monoisotopic (exact) mass is 388 g/mol. The van der Waals surface area contributed by atoms with Crippen LogP contribution in [0.15, 0.2) is 37.4 Å². The molecule has 0 amide bonds. The summed E-state index contributed by atoms with van der Waals surface area (Å²) in [5.41, 5.74) is 0. The highest BCUT2D eigenvalue weighted by Crippen LogP contribution is 1.79. The van der Waals surface area contributed by atoms with Crippen LogP contribution in [0.25, 0.3) is 0 Å². The number of nitrogens with zero attached hydrogens (tertiary/aromatic N) is 3. The van der Waals surface area contributed by atoms with Gasteiger partial charge in [-0.05, 0) is 6.92 Å². The molecule has 2 rings (SSSR count). The molecule has 0 aliphatic rings. The van der Waals surface area contributed by atoms with Gasteiger partial charge in [-0.2, -0.15) is 0 Å². The summed E-state index contributed by atoms with van der Waals surface area (Å²) in [6.07, 6.45) is 11.8. The molecular weight excluding hydrogens is 368 g/mol. The van der Waals surface area contributed by atoms with Crippen LogP contribution in [0, 0.1) is 0 Å². The number of aromatic amines is 1. The molecule has 0 radical (unpaired) electrons. The lowest BCUT2D eigenvalue weighted by atomic mass is 10.7. The van der Waals surface area contributed by atoms with E-state index in [0.717, 1.165) is 6.54 Å². The summed E-state index contributed by atoms with van der Waals surface area (Å²) in [7, 11) is -5.84. The Morgan fingerprint density at radius 2 is 1.50 bits per heavy atom. The number of hydrogen-bond acceptors (Lipinski definition) is 6. The zero-order valence-corrected chi connectivity index (χ0v) is 14.8. The van der Waals surface area contributed by atoms with Crippen molar-refractivity contribution in [2.75, 3.05) is 0 Å². The quantitative estimate of drug-likeness (QED) is 0.290. The first kappa shape index (κ1) is 24.4. The van der Waals surface area contributed by atoms with E-state index in [2.05, 4.69) is 29.0 Å². The minimum atomic E-state index is -4.92. The van der Waals surface area contributed by atoms with Gasteiger partial charge in [0, 0.05) is 0 Å². The Morgan fingerprint density at radius 3 is 1.62 bits per heavy atom. The van der Waals surface area contributed by atoms with Crippen LogP contribution in [0.5, 0.6) is 0 Å². The number of H-pyrrole nitrogens is 1. The van der Waals surface area contributed by atoms with Crippen molar-refractivity contribution in [1.29, 1.82) is 0 Å². The predicted octanol–water partition coefficient (Wildman–Crippen LogP) is -1.82. The van der Waals surface area contributed by atoms with Crippen molar-refractivity contribution in [2.45, 2.75) is 13.5 Å². The predicted molar refractivity (Wildman–Crippen MR) is 77.9 cm³/mol. The molecule has 0 spiro atoms. The molecule has 0 saturated heterocycles. The summed E-state index contributed by atoms with van der Waals surface area (Å²) in [5, 5.41) is 0. The maximum absolute atomic E-state index is 8.63. The standard InChI is InChI=1S/C6H11N2.C4H6N2.2H2O4S/c1-3-8-5-4-7(2)6-8;1-6-3-2-5-4-6;2*1-5(2,3)4/h4-6H,3H2,1-2H3;2-4H,1H3;2*(H2,1,2,3,4)/q+1;;;/p-1. The highest BCUT2D eigenvalue weighted by Gasteiger charge is 1.92. The molecule has 0 saturated carbocycles. The first-order chi connectivity index (χ1) is 10.7. The largest absolute Gasteiger partial charge is 0.726 e. The highest BCUT2D eigenvalue weighted by atomic mass is 32.3. The summed E-state index contributed by atoms with van der Waals surface area (Å²) >= 11 is 0. The Hall–Kier alpha value is -1.84. The second kappa shape index (κ2) is 11.7. The second-order valence-corrected chi connectivity index (χ2v) is 5.75. The Morgan fingerprint density at radius 1 is 1.04 bits per heavy atom. The molecule has 2 aromatic rings. The first-order valence-corrected chi connectivity index (χ1v) is 8.81. The van der Waals surface area contributed by atoms with E-state index in [0.29, 0.717) is 0 Å². The molecule has 140 valence electrons. The molecule has 24 heavy (non-hydrogen) atoms. The maximum atomic E-state index is 8.63. The Balaban J connectivity index is 0. The Labute approximate surface area is 140 Å². The molecule has 0 fully saturated rings. The molecule has 12 nitrogen and oxygen atoms in total. The van der Waals surface area contributed by atoms with Crippen LogP contribution < -0.4 is 9.13 Å². The highest BCUT2D eigenvalue weighted by molar-refractivity contribution is 7.80. The Bertz CT molecular complexity index is 707. The lowest BCUT2D eigenvalue weighted by Gasteiger charge is -1.88. The number of aromatic nitrogens is 4. The summed E-state index contributed by atoms with van der Waals surface area (Å²) in [6, 6.07) is 0. The van der Waals surface area contributed by atoms with Gasteiger partial charge in [-0.1, -0.05) is 0 Å². The second-order valence-electron chi connectivity index (χ2n) is 4.04. The van der Waals surface area contributed by atoms with Crippen LogP contribution >= 0.6 is 0 Å². The molecular formula is C10H20N4O8S2. The summed E-state index contributed by atoms with van der Waals surface area (Å²) in [5.74, 6) is 0. The number of nitrogens with one attached hydrogen (secondary N) is 1. The van der Waals surface area contributed by atoms with E-state index in [1.807, 2.05) is 48.1 Å². The van der Waals surface area contributed by atoms with Crippen molar-refractivity contribution < 1.29 is 44.2 Å². The van der Waals surface area contributed by atoms with Crippen molar-refractivity contribution in [1.82, 2.24) is 9.55 Å². The summed E-state index contributed by atoms with van der Waals surface area (Å²) < 4.78 is 71.8. The van der Waals surface area contributed by atoms with Crippen molar-refractivity contribution in [3.63, 3.8) is 0 Å². The fourth-order valence-electron chi connectivity index (χ4n) is 1.05. The fourth-order valence-corrected chi connectivity index (χ4v) is 1.05. The molecule has 0 unspecified atom stereocenters. The molecule has 0 aliphatic heterocycles. The normalized spacial score (nSPS) is 10.3. The van der Waals surface area contributed by atoms with Crippen molar-refractivity contribution in [2.24, 2.45) is 14.1 Å². The van der Waals surface area contributed by atoms with Gasteiger partial charge in [-0.3, -0.25) is 14.1 Å². The van der Waals surface area contributed by atoms with Crippen LogP contribution in [0.1, 0.15) is 6.92 Å². The number of rotatable bonds is 1. The molecule has 0 aromatic carbocycles. The molecule has 0 aliphatic carbocycles. The smallest absolute Gasteiger partial charge is 0.243 e. The van der Waals surface area contributed by atoms with Gasteiger partial charge in [-0.15, -0.1) is 0 Å². The average Bonchev–Trinajstić information content (AvgIpc) is 2.97. The van der Waals surface area contributed by atoms with Gasteiger partial charge in [0.1, 0.15) is 24.8 Å². The SMILES string of the molecule is CCn1cc[n+](C)c1.C[n+]1cc[nH]c1.O=S(=O)([O-])O.O=S(=O)([O-])O. The van der Waals surface area contributed by atoms with E-state index in [1.165, 1.54) is 0 Å². The van der Waals surface area contributed by atoms with E-state index >= 15 is 0 Å². The van der Waals surface area contributed by atoms with Gasteiger partial charge >= 0.3 is 0 Å². The lowest BCUT2D eigenvalue weighted by molar-refractivity contribution is -0.671. The Kier molecular flexibility index (Phi) is 11.9. The average molecular weight is 388 g/mol. The minimum absolute atomic E-state index is 1.06. The van der Waals surface area contributed by atoms with Gasteiger partial charge in [0.05, 0.1) is 20.6 Å². The number of aryl methyl sites for hydroxylation is 3. The van der Waals surface area contributed by atoms with Gasteiger partial charge in [0.15, 0.2) is 0 Å². The van der Waals surface area contributed by atoms with Crippen molar-refractivity contribution in [3.8, 4) is 0 Å². The third-order valence-corrected chi connectivity index (χ3v) is 1.87. The van der Waals surface area contributed by atoms with E-state index < -0.39 is 20.8 Å². The van der Waals surface area contributed by atoms with Gasteiger partial charge in [0.25, 0.3) is 0 Å². The van der Waals surface area contributed by atoms with Crippen molar-refractivity contribution in [3.05, 3.63) is 37.4 Å². The molecule has 2 heterocycles. The van der Waals surface area contributed by atoms with Crippen LogP contribution in [-0.2, 0) is 41.4 Å². The lowest BCUT2D eigenvalue weighted by Crippen LogP contribution is -2.23. The van der Waals surface area contributed by atoms with Crippen LogP contribution in [0.3, 0.4) is 0 Å². The van der Waals surface area contributed by atoms with E-state index in [9.17, 15) is 0 Å². The van der Waals surface area contributed by atoms with E-state index in [4.69, 9.17) is 35.0 Å². The molecule has 3 N–H and O–H groups in total. The number of hydrogen-bond donors (Lipinski definition) is 3. The summed E-state index contributed by atoms with van der Waals surface area (Å²) in [4.78, 5) is 2.89. The third kappa shape index (κ3) is 28.3. The van der Waals surface area contributed by atoms with Crippen LogP contribution in [0.2, 0.25) is 0 Å². The maximum Gasteiger partial charge on any atom is 0.243 e. The molecule has 0 bridgehead atoms. The van der Waals surface area contributed by atoms with E-state index in [-0.39, 0.29) is 0 Å². The zero-order chi connectivity index (χ0) is 19.4. The first-order valence-electron chi connectivity index (χ1n) is 6.08. The van der Waals surface area contributed by atoms with Crippen LogP contribution in [0.4, 0.5) is 0 Å². The zero-order valence-electron chi connectivity index (χ0n) is 13.2. The van der Waals surface area contributed by atoms with Gasteiger partial charge in [0.2, 0.25) is 33.5 Å². The van der Waals surface area contributed by atoms with E-state index in [1.54, 1.807) is 0 Å². The fraction of sp³-hybridized carbons (Fsp3) is 0.400. The molecule has 2 aromatic heterocycles. The van der Waals surface area contributed by atoms with Crippen molar-refractivity contribution >= 4 is 20.8 Å². The molecule has 0 atom stereocenters. The third-order valence-electron chi connectivity index (χ3n) is 1.87. The topological polar surface area (TPSA) is 183 Å². The van der Waals surface area contributed by atoms with Crippen LogP contribution in [-0.4, -0.2) is 44.6 Å². The van der Waals surface area contributed by atoms with Gasteiger partial charge < -0.3 is 9.11 Å². The minimum Gasteiger partial charge on any atom is -0.726 e. The van der Waals surface area contributed by atoms with Gasteiger partial charge in [-0.25, -0.2) is 30.5 Å².